The van der Waals surface area contributed by atoms with Crippen LogP contribution in [0.4, 0.5) is 5.13 Å². The zero-order valence-electron chi connectivity index (χ0n) is 12.1. The highest BCUT2D eigenvalue weighted by molar-refractivity contribution is 7.90. The van der Waals surface area contributed by atoms with Gasteiger partial charge in [-0.2, -0.15) is 14.6 Å². The molecule has 2 aromatic rings. The smallest absolute Gasteiger partial charge is 0.268 e. The van der Waals surface area contributed by atoms with Crippen LogP contribution in [0.15, 0.2) is 28.9 Å². The molecule has 0 saturated carbocycles. The molecule has 0 unspecified atom stereocenters. The van der Waals surface area contributed by atoms with Gasteiger partial charge in [-0.3, -0.25) is 10.1 Å². The Morgan fingerprint density at radius 2 is 2.08 bits per heavy atom. The number of anilines is 1. The van der Waals surface area contributed by atoms with Crippen LogP contribution in [0.1, 0.15) is 5.56 Å². The van der Waals surface area contributed by atoms with Crippen molar-refractivity contribution < 1.29 is 23.4 Å². The van der Waals surface area contributed by atoms with E-state index in [9.17, 15) is 23.4 Å². The number of hydrogen-bond acceptors (Lipinski definition) is 9. The number of sulfone groups is 1. The van der Waals surface area contributed by atoms with E-state index in [1.807, 2.05) is 0 Å². The standard InChI is InChI=1S/C13H10N4O5S2/c1-24(21,22)13-16-12(23-17-13)15-11(20)8(6-14)4-7-2-3-9(18)10(19)5-7/h2-5,18-19H,1H3,(H,15,16,17,20)/b8-4-. The lowest BCUT2D eigenvalue weighted by Gasteiger charge is -2.01. The molecule has 0 atom stereocenters. The minimum absolute atomic E-state index is 0.0740. The summed E-state index contributed by atoms with van der Waals surface area (Å²) < 4.78 is 26.2. The van der Waals surface area contributed by atoms with Gasteiger partial charge in [-0.15, -0.1) is 0 Å². The van der Waals surface area contributed by atoms with Gasteiger partial charge in [0.05, 0.1) is 0 Å². The van der Waals surface area contributed by atoms with Crippen LogP contribution in [-0.2, 0) is 14.6 Å². The maximum Gasteiger partial charge on any atom is 0.268 e. The van der Waals surface area contributed by atoms with Crippen molar-refractivity contribution in [1.82, 2.24) is 9.36 Å². The molecule has 1 amide bonds. The van der Waals surface area contributed by atoms with E-state index in [4.69, 9.17) is 5.26 Å². The summed E-state index contributed by atoms with van der Waals surface area (Å²) in [5.74, 6) is -1.55. The fourth-order valence-electron chi connectivity index (χ4n) is 1.52. The minimum Gasteiger partial charge on any atom is -0.504 e. The van der Waals surface area contributed by atoms with Crippen molar-refractivity contribution >= 4 is 38.5 Å². The van der Waals surface area contributed by atoms with Crippen LogP contribution in [0.25, 0.3) is 6.08 Å². The van der Waals surface area contributed by atoms with Crippen LogP contribution in [0.3, 0.4) is 0 Å². The fraction of sp³-hybridized carbons (Fsp3) is 0.0769. The molecule has 124 valence electrons. The first kappa shape index (κ1) is 17.4. The Morgan fingerprint density at radius 1 is 1.38 bits per heavy atom. The second-order valence-corrected chi connectivity index (χ2v) is 7.19. The summed E-state index contributed by atoms with van der Waals surface area (Å²) >= 11 is 0.661. The summed E-state index contributed by atoms with van der Waals surface area (Å²) in [7, 11) is -3.60. The zero-order chi connectivity index (χ0) is 17.9. The number of phenolic OH excluding ortho intramolecular Hbond substituents is 2. The molecule has 0 spiro atoms. The predicted molar refractivity (Wildman–Crippen MR) is 85.0 cm³/mol. The molecule has 1 aromatic heterocycles. The summed E-state index contributed by atoms with van der Waals surface area (Å²) in [6, 6.07) is 5.46. The van der Waals surface area contributed by atoms with E-state index in [-0.39, 0.29) is 16.5 Å². The molecule has 0 saturated heterocycles. The number of nitriles is 1. The molecule has 0 aliphatic heterocycles. The lowest BCUT2D eigenvalue weighted by atomic mass is 10.1. The monoisotopic (exact) mass is 366 g/mol. The topological polar surface area (TPSA) is 153 Å². The SMILES string of the molecule is CS(=O)(=O)c1nsc(NC(=O)/C(C#N)=C\c2ccc(O)c(O)c2)n1. The minimum atomic E-state index is -3.60. The summed E-state index contributed by atoms with van der Waals surface area (Å²) in [4.78, 5) is 15.7. The third-order valence-electron chi connectivity index (χ3n) is 2.64. The van der Waals surface area contributed by atoms with Gasteiger partial charge in [0.25, 0.3) is 11.1 Å². The average Bonchev–Trinajstić information content (AvgIpc) is 2.97. The van der Waals surface area contributed by atoms with Gasteiger partial charge < -0.3 is 10.2 Å². The van der Waals surface area contributed by atoms with Gasteiger partial charge in [-0.1, -0.05) is 6.07 Å². The number of nitrogens with one attached hydrogen (secondary N) is 1. The largest absolute Gasteiger partial charge is 0.504 e. The molecule has 3 N–H and O–H groups in total. The van der Waals surface area contributed by atoms with Crippen molar-refractivity contribution in [1.29, 1.82) is 5.26 Å². The van der Waals surface area contributed by atoms with Crippen LogP contribution >= 0.6 is 11.5 Å². The number of rotatable bonds is 4. The molecule has 2 rings (SSSR count). The Labute approximate surface area is 140 Å². The number of carbonyl (C=O) groups excluding carboxylic acids is 1. The number of hydrogen-bond donors (Lipinski definition) is 3. The van der Waals surface area contributed by atoms with Gasteiger partial charge in [0.2, 0.25) is 15.0 Å². The maximum atomic E-state index is 12.0. The molecular formula is C13H10N4O5S2. The van der Waals surface area contributed by atoms with Gasteiger partial charge in [0, 0.05) is 17.8 Å². The van der Waals surface area contributed by atoms with Gasteiger partial charge in [0.1, 0.15) is 11.6 Å². The quantitative estimate of drug-likeness (QED) is 0.410. The molecule has 0 aliphatic carbocycles. The van der Waals surface area contributed by atoms with E-state index in [1.165, 1.54) is 24.3 Å². The second kappa shape index (κ2) is 6.65. The highest BCUT2D eigenvalue weighted by Gasteiger charge is 2.17. The molecule has 24 heavy (non-hydrogen) atoms. The molecule has 1 aromatic carbocycles. The zero-order valence-corrected chi connectivity index (χ0v) is 13.7. The number of phenols is 2. The van der Waals surface area contributed by atoms with Crippen molar-refractivity contribution in [2.24, 2.45) is 0 Å². The van der Waals surface area contributed by atoms with E-state index in [1.54, 1.807) is 6.07 Å². The normalized spacial score (nSPS) is 11.8. The average molecular weight is 366 g/mol. The van der Waals surface area contributed by atoms with Gasteiger partial charge in [-0.05, 0) is 23.8 Å². The number of benzene rings is 1. The summed E-state index contributed by atoms with van der Waals surface area (Å²) in [6.45, 7) is 0. The molecule has 11 heteroatoms. The molecule has 0 radical (unpaired) electrons. The van der Waals surface area contributed by atoms with E-state index in [0.717, 1.165) is 6.26 Å². The number of aromatic nitrogens is 2. The van der Waals surface area contributed by atoms with Crippen LogP contribution in [0.2, 0.25) is 0 Å². The Balaban J connectivity index is 2.23. The Hall–Kier alpha value is -2.97. The first-order chi connectivity index (χ1) is 11.2. The van der Waals surface area contributed by atoms with Crippen molar-refractivity contribution in [2.45, 2.75) is 5.16 Å². The Kier molecular flexibility index (Phi) is 4.82. The van der Waals surface area contributed by atoms with Crippen molar-refractivity contribution in [3.63, 3.8) is 0 Å². The van der Waals surface area contributed by atoms with Crippen LogP contribution in [-0.4, -0.2) is 40.2 Å². The molecule has 0 aliphatic rings. The van der Waals surface area contributed by atoms with E-state index in [0.29, 0.717) is 17.1 Å². The second-order valence-electron chi connectivity index (χ2n) is 4.53. The highest BCUT2D eigenvalue weighted by atomic mass is 32.2. The van der Waals surface area contributed by atoms with Gasteiger partial charge >= 0.3 is 0 Å². The lowest BCUT2D eigenvalue weighted by molar-refractivity contribution is -0.112. The number of nitrogens with zero attached hydrogens (tertiary/aromatic N) is 3. The molecule has 0 fully saturated rings. The number of aromatic hydroxyl groups is 2. The molecular weight excluding hydrogens is 356 g/mol. The molecule has 1 heterocycles. The molecule has 0 bridgehead atoms. The third kappa shape index (κ3) is 4.06. The van der Waals surface area contributed by atoms with Crippen LogP contribution in [0.5, 0.6) is 11.5 Å². The summed E-state index contributed by atoms with van der Waals surface area (Å²) in [6.07, 6.45) is 2.12. The number of amides is 1. The van der Waals surface area contributed by atoms with Crippen molar-refractivity contribution in [3.8, 4) is 17.6 Å². The maximum absolute atomic E-state index is 12.0. The lowest BCUT2D eigenvalue weighted by Crippen LogP contribution is -2.13. The van der Waals surface area contributed by atoms with Crippen molar-refractivity contribution in [2.75, 3.05) is 11.6 Å². The van der Waals surface area contributed by atoms with E-state index in [2.05, 4.69) is 14.7 Å². The first-order valence-corrected chi connectivity index (χ1v) is 8.86. The van der Waals surface area contributed by atoms with E-state index < -0.39 is 26.7 Å². The van der Waals surface area contributed by atoms with Crippen LogP contribution in [0, 0.1) is 11.3 Å². The highest BCUT2D eigenvalue weighted by Crippen LogP contribution is 2.26. The Bertz CT molecular complexity index is 972. The van der Waals surface area contributed by atoms with E-state index >= 15 is 0 Å². The summed E-state index contributed by atoms with van der Waals surface area (Å²) in [5, 5.41) is 29.5. The number of carbonyl (C=O) groups is 1. The third-order valence-corrected chi connectivity index (χ3v) is 4.23. The first-order valence-electron chi connectivity index (χ1n) is 6.19. The Morgan fingerprint density at radius 3 is 2.62 bits per heavy atom. The summed E-state index contributed by atoms with van der Waals surface area (Å²) in [5.41, 5.74) is 0.00211. The van der Waals surface area contributed by atoms with Gasteiger partial charge in [0.15, 0.2) is 11.5 Å². The molecule has 9 nitrogen and oxygen atoms in total. The van der Waals surface area contributed by atoms with Crippen LogP contribution < -0.4 is 5.32 Å². The van der Waals surface area contributed by atoms with Gasteiger partial charge in [-0.25, -0.2) is 8.42 Å². The predicted octanol–water partition coefficient (Wildman–Crippen LogP) is 0.898. The van der Waals surface area contributed by atoms with Crippen molar-refractivity contribution in [3.05, 3.63) is 29.3 Å². The fourth-order valence-corrected chi connectivity index (χ4v) is 2.96.